The van der Waals surface area contributed by atoms with E-state index in [1.165, 1.54) is 36.3 Å². The van der Waals surface area contributed by atoms with Gasteiger partial charge in [0.05, 0.1) is 0 Å². The summed E-state index contributed by atoms with van der Waals surface area (Å²) in [4.78, 5) is 0. The van der Waals surface area contributed by atoms with E-state index in [1.54, 1.807) is 0 Å². The Morgan fingerprint density at radius 2 is 1.57 bits per heavy atom. The first-order valence-corrected chi connectivity index (χ1v) is 9.42. The minimum atomic E-state index is -0.867. The molecule has 2 heteroatoms. The number of unbranched alkanes of at least 4 members (excludes halogenated alkanes) is 2. The summed E-state index contributed by atoms with van der Waals surface area (Å²) < 4.78 is 6.72. The molecule has 0 amide bonds. The zero-order chi connectivity index (χ0) is 10.8. The summed E-state index contributed by atoms with van der Waals surface area (Å²) in [5.74, 6) is 0. The fourth-order valence-electron chi connectivity index (χ4n) is 1.32. The van der Waals surface area contributed by atoms with Crippen LogP contribution in [0.1, 0.15) is 46.5 Å². The van der Waals surface area contributed by atoms with Crippen LogP contribution < -0.4 is 0 Å². The Bertz CT molecular complexity index is 137. The van der Waals surface area contributed by atoms with Crippen LogP contribution in [0.3, 0.4) is 0 Å². The van der Waals surface area contributed by atoms with E-state index in [0.717, 1.165) is 11.3 Å². The van der Waals surface area contributed by atoms with Gasteiger partial charge in [-0.3, -0.25) is 0 Å². The van der Waals surface area contributed by atoms with Crippen molar-refractivity contribution in [3.8, 4) is 0 Å². The van der Waals surface area contributed by atoms with Gasteiger partial charge in [-0.1, -0.05) is 0 Å². The second kappa shape index (κ2) is 9.61. The molecule has 0 rings (SSSR count). The molecule has 0 aromatic heterocycles. The van der Waals surface area contributed by atoms with E-state index in [0.29, 0.717) is 0 Å². The van der Waals surface area contributed by atoms with Crippen LogP contribution in [0.25, 0.3) is 0 Å². The summed E-state index contributed by atoms with van der Waals surface area (Å²) in [6.07, 6.45) is 5.32. The van der Waals surface area contributed by atoms with Crippen molar-refractivity contribution in [1.82, 2.24) is 0 Å². The fourth-order valence-corrected chi connectivity index (χ4v) is 6.42. The second-order valence-electron chi connectivity index (χ2n) is 3.52. The van der Waals surface area contributed by atoms with Crippen molar-refractivity contribution in [2.24, 2.45) is 0 Å². The molecule has 0 radical (unpaired) electrons. The molecule has 0 aromatic carbocycles. The average Bonchev–Trinajstić information content (AvgIpc) is 2.18. The number of rotatable bonds is 9. The van der Waals surface area contributed by atoms with Crippen molar-refractivity contribution in [2.75, 3.05) is 6.61 Å². The summed E-state index contributed by atoms with van der Waals surface area (Å²) >= 11 is -0.867. The Morgan fingerprint density at radius 3 is 1.93 bits per heavy atom. The first-order chi connectivity index (χ1) is 6.76. The van der Waals surface area contributed by atoms with Crippen molar-refractivity contribution < 1.29 is 4.74 Å². The fraction of sp³-hybridized carbons (Fsp3) is 0.833. The third kappa shape index (κ3) is 6.50. The van der Waals surface area contributed by atoms with Gasteiger partial charge in [0.25, 0.3) is 0 Å². The Kier molecular flexibility index (Phi) is 9.65. The van der Waals surface area contributed by atoms with Crippen LogP contribution in [-0.2, 0) is 4.74 Å². The summed E-state index contributed by atoms with van der Waals surface area (Å²) in [6, 6.07) is 0. The quantitative estimate of drug-likeness (QED) is 0.454. The molecule has 0 spiro atoms. The topological polar surface area (TPSA) is 9.23 Å². The third-order valence-electron chi connectivity index (χ3n) is 2.23. The van der Waals surface area contributed by atoms with Crippen LogP contribution in [0.5, 0.6) is 0 Å². The first kappa shape index (κ1) is 14.1. The molecule has 0 saturated carbocycles. The average molecular weight is 265 g/mol. The molecular weight excluding hydrogens is 239 g/mol. The molecule has 0 bridgehead atoms. The molecule has 0 saturated heterocycles. The Morgan fingerprint density at radius 1 is 1.07 bits per heavy atom. The van der Waals surface area contributed by atoms with E-state index < -0.39 is 13.9 Å². The van der Waals surface area contributed by atoms with Gasteiger partial charge in [-0.15, -0.1) is 0 Å². The second-order valence-corrected chi connectivity index (χ2v) is 8.71. The van der Waals surface area contributed by atoms with Gasteiger partial charge in [-0.2, -0.15) is 0 Å². The summed E-state index contributed by atoms with van der Waals surface area (Å²) in [7, 11) is 0. The van der Waals surface area contributed by atoms with E-state index in [2.05, 4.69) is 27.4 Å². The Hall–Kier alpha value is 0.0595. The SMILES string of the molecule is C=C(OCC)[SeH](CCCC)CCCC. The number of hydrogen-bond donors (Lipinski definition) is 0. The molecule has 0 N–H and O–H groups in total. The first-order valence-electron chi connectivity index (χ1n) is 5.82. The van der Waals surface area contributed by atoms with Gasteiger partial charge in [0.1, 0.15) is 0 Å². The minimum absolute atomic E-state index is 0.794. The molecule has 0 aliphatic rings. The van der Waals surface area contributed by atoms with Crippen LogP contribution in [0.2, 0.25) is 10.6 Å². The summed E-state index contributed by atoms with van der Waals surface area (Å²) in [6.45, 7) is 11.5. The molecule has 0 heterocycles. The van der Waals surface area contributed by atoms with Crippen molar-refractivity contribution in [3.63, 3.8) is 0 Å². The van der Waals surface area contributed by atoms with Crippen molar-refractivity contribution in [3.05, 3.63) is 11.2 Å². The van der Waals surface area contributed by atoms with Crippen molar-refractivity contribution in [2.45, 2.75) is 57.1 Å². The molecule has 0 aliphatic heterocycles. The number of hydrogen-bond acceptors (Lipinski definition) is 1. The van der Waals surface area contributed by atoms with Crippen molar-refractivity contribution >= 4 is 13.9 Å². The van der Waals surface area contributed by atoms with Crippen LogP contribution in [0, 0.1) is 0 Å². The zero-order valence-corrected chi connectivity index (χ0v) is 11.9. The van der Waals surface area contributed by atoms with Gasteiger partial charge in [-0.05, 0) is 0 Å². The van der Waals surface area contributed by atoms with Crippen LogP contribution in [0.4, 0.5) is 0 Å². The standard InChI is InChI=1S/C12H26OSe/c1-5-8-10-14(11-9-6-2)12(4)13-7-3/h14H,4-11H2,1-3H3. The van der Waals surface area contributed by atoms with E-state index in [9.17, 15) is 0 Å². The molecule has 1 nitrogen and oxygen atoms in total. The van der Waals surface area contributed by atoms with Crippen LogP contribution in [-0.4, -0.2) is 20.5 Å². The molecule has 0 aliphatic carbocycles. The summed E-state index contributed by atoms with van der Waals surface area (Å²) in [5.41, 5.74) is 0. The van der Waals surface area contributed by atoms with E-state index in [-0.39, 0.29) is 0 Å². The van der Waals surface area contributed by atoms with Crippen LogP contribution >= 0.6 is 0 Å². The molecule has 0 unspecified atom stereocenters. The number of ether oxygens (including phenoxy) is 1. The van der Waals surface area contributed by atoms with Gasteiger partial charge in [-0.25, -0.2) is 0 Å². The molecule has 14 heavy (non-hydrogen) atoms. The predicted molar refractivity (Wildman–Crippen MR) is 67.3 cm³/mol. The molecular formula is C12H26OSe. The third-order valence-corrected chi connectivity index (χ3v) is 7.57. The van der Waals surface area contributed by atoms with E-state index >= 15 is 0 Å². The van der Waals surface area contributed by atoms with E-state index in [4.69, 9.17) is 4.74 Å². The maximum absolute atomic E-state index is 5.57. The predicted octanol–water partition coefficient (Wildman–Crippen LogP) is 3.90. The zero-order valence-electron chi connectivity index (χ0n) is 10.0. The Balaban J connectivity index is 3.88. The van der Waals surface area contributed by atoms with Gasteiger partial charge in [0.2, 0.25) is 0 Å². The van der Waals surface area contributed by atoms with Gasteiger partial charge in [0, 0.05) is 0 Å². The van der Waals surface area contributed by atoms with Gasteiger partial charge in [0.15, 0.2) is 0 Å². The molecule has 0 fully saturated rings. The normalized spacial score (nSPS) is 11.2. The molecule has 0 aromatic rings. The van der Waals surface area contributed by atoms with Crippen LogP contribution in [0.15, 0.2) is 11.2 Å². The maximum atomic E-state index is 5.57. The monoisotopic (exact) mass is 266 g/mol. The summed E-state index contributed by atoms with van der Waals surface area (Å²) in [5, 5.41) is 2.78. The molecule has 86 valence electrons. The van der Waals surface area contributed by atoms with Gasteiger partial charge >= 0.3 is 93.6 Å². The van der Waals surface area contributed by atoms with E-state index in [1.807, 2.05) is 0 Å². The Labute approximate surface area is 93.8 Å². The van der Waals surface area contributed by atoms with Crippen molar-refractivity contribution in [1.29, 1.82) is 0 Å². The molecule has 0 atom stereocenters. The van der Waals surface area contributed by atoms with Gasteiger partial charge < -0.3 is 0 Å².